The van der Waals surface area contributed by atoms with Crippen molar-refractivity contribution in [2.24, 2.45) is 17.6 Å². The fraction of sp³-hybridized carbons (Fsp3) is 0.808. The molecule has 2 rings (SSSR count). The zero-order valence-corrected chi connectivity index (χ0v) is 23.2. The molecule has 2 aliphatic rings. The summed E-state index contributed by atoms with van der Waals surface area (Å²) in [5, 5.41) is 5.16. The van der Waals surface area contributed by atoms with E-state index in [-0.39, 0.29) is 24.3 Å². The minimum Gasteiger partial charge on any atom is -0.363 e. The van der Waals surface area contributed by atoms with Gasteiger partial charge in [-0.25, -0.2) is 0 Å². The number of ketones is 1. The van der Waals surface area contributed by atoms with Crippen molar-refractivity contribution in [2.45, 2.75) is 112 Å². The van der Waals surface area contributed by atoms with Gasteiger partial charge in [-0.1, -0.05) is 81.1 Å². The Morgan fingerprint density at radius 3 is 1.89 bits per heavy atom. The van der Waals surface area contributed by atoms with Crippen LogP contribution in [-0.2, 0) is 24.0 Å². The lowest BCUT2D eigenvalue weighted by Gasteiger charge is -2.26. The SMILES string of the molecule is CC.CC(C)C(=O)NCC(=O)N1CCCC1C(=O)NC(CC1CC1)C(=O)C(N)=O.CCC.CCC. The average molecular weight is 499 g/mol. The molecule has 0 aromatic rings. The monoisotopic (exact) mass is 498 g/mol. The summed E-state index contributed by atoms with van der Waals surface area (Å²) in [6.45, 7) is 16.2. The molecule has 4 amide bonds. The smallest absolute Gasteiger partial charge is 0.287 e. The molecule has 0 aromatic carbocycles. The third-order valence-electron chi connectivity index (χ3n) is 4.96. The van der Waals surface area contributed by atoms with E-state index in [0.717, 1.165) is 12.8 Å². The van der Waals surface area contributed by atoms with Gasteiger partial charge in [-0.05, 0) is 25.2 Å². The molecule has 204 valence electrons. The summed E-state index contributed by atoms with van der Waals surface area (Å²) in [7, 11) is 0. The third kappa shape index (κ3) is 14.5. The Morgan fingerprint density at radius 1 is 0.943 bits per heavy atom. The quantitative estimate of drug-likeness (QED) is 0.420. The highest BCUT2D eigenvalue weighted by molar-refractivity contribution is 6.37. The molecule has 1 heterocycles. The summed E-state index contributed by atoms with van der Waals surface area (Å²) in [6, 6.07) is -1.66. The number of nitrogens with two attached hydrogens (primary N) is 1. The summed E-state index contributed by atoms with van der Waals surface area (Å²) >= 11 is 0. The molecule has 1 aliphatic carbocycles. The van der Waals surface area contributed by atoms with Gasteiger partial charge in [0.1, 0.15) is 6.04 Å². The zero-order valence-electron chi connectivity index (χ0n) is 23.2. The van der Waals surface area contributed by atoms with Crippen molar-refractivity contribution in [2.75, 3.05) is 13.1 Å². The molecular formula is C26H50N4O5. The molecule has 35 heavy (non-hydrogen) atoms. The van der Waals surface area contributed by atoms with Gasteiger partial charge in [-0.3, -0.25) is 24.0 Å². The van der Waals surface area contributed by atoms with Crippen LogP contribution in [0.25, 0.3) is 0 Å². The number of primary amides is 1. The van der Waals surface area contributed by atoms with E-state index in [0.29, 0.717) is 31.7 Å². The number of hydrogen-bond donors (Lipinski definition) is 3. The number of nitrogens with zero attached hydrogens (tertiary/aromatic N) is 1. The van der Waals surface area contributed by atoms with Crippen LogP contribution < -0.4 is 16.4 Å². The second-order valence-corrected chi connectivity index (χ2v) is 9.00. The maximum absolute atomic E-state index is 12.6. The lowest BCUT2D eigenvalue weighted by Crippen LogP contribution is -2.54. The first-order valence-electron chi connectivity index (χ1n) is 13.2. The maximum atomic E-state index is 12.6. The predicted octanol–water partition coefficient (Wildman–Crippen LogP) is 2.95. The highest BCUT2D eigenvalue weighted by atomic mass is 16.2. The fourth-order valence-corrected chi connectivity index (χ4v) is 3.16. The molecule has 9 heteroatoms. The molecule has 2 unspecified atom stereocenters. The first-order chi connectivity index (χ1) is 16.5. The molecule has 0 radical (unpaired) electrons. The van der Waals surface area contributed by atoms with Crippen molar-refractivity contribution < 1.29 is 24.0 Å². The van der Waals surface area contributed by atoms with Crippen molar-refractivity contribution in [3.63, 3.8) is 0 Å². The van der Waals surface area contributed by atoms with Crippen molar-refractivity contribution in [3.8, 4) is 0 Å². The summed E-state index contributed by atoms with van der Waals surface area (Å²) in [5.41, 5.74) is 5.09. The van der Waals surface area contributed by atoms with Crippen molar-refractivity contribution in [1.82, 2.24) is 15.5 Å². The summed E-state index contributed by atoms with van der Waals surface area (Å²) in [5.74, 6) is -2.85. The highest BCUT2D eigenvalue weighted by Gasteiger charge is 2.38. The standard InChI is InChI=1S/C18H28N4O5.2C3H8.C2H6/c1-10(2)17(26)20-9-14(23)22-7-3-4-13(22)18(27)21-12(8-11-5-6-11)15(24)16(19)25;2*1-3-2;1-2/h10-13H,3-9H2,1-2H3,(H2,19,25)(H,20,26)(H,21,27);2*3H2,1-2H3;1-2H3. The Labute approximate surface area is 212 Å². The first-order valence-corrected chi connectivity index (χ1v) is 13.2. The molecule has 1 saturated carbocycles. The maximum Gasteiger partial charge on any atom is 0.287 e. The van der Waals surface area contributed by atoms with Gasteiger partial charge in [0.25, 0.3) is 5.91 Å². The first kappa shape index (κ1) is 34.7. The van der Waals surface area contributed by atoms with Gasteiger partial charge >= 0.3 is 0 Å². The van der Waals surface area contributed by atoms with Crippen molar-refractivity contribution >= 4 is 29.4 Å². The Hall–Kier alpha value is -2.45. The molecule has 9 nitrogen and oxygen atoms in total. The fourth-order valence-electron chi connectivity index (χ4n) is 3.16. The normalized spacial score (nSPS) is 16.8. The molecule has 1 aliphatic heterocycles. The van der Waals surface area contributed by atoms with Crippen LogP contribution in [0.2, 0.25) is 0 Å². The van der Waals surface area contributed by atoms with Crippen LogP contribution in [-0.4, -0.2) is 59.5 Å². The van der Waals surface area contributed by atoms with Crippen LogP contribution >= 0.6 is 0 Å². The van der Waals surface area contributed by atoms with Gasteiger partial charge in [-0.2, -0.15) is 0 Å². The molecule has 4 N–H and O–H groups in total. The summed E-state index contributed by atoms with van der Waals surface area (Å²) in [4.78, 5) is 61.3. The van der Waals surface area contributed by atoms with Crippen LogP contribution in [0.3, 0.4) is 0 Å². The third-order valence-corrected chi connectivity index (χ3v) is 4.96. The van der Waals surface area contributed by atoms with Gasteiger partial charge < -0.3 is 21.3 Å². The second-order valence-electron chi connectivity index (χ2n) is 9.00. The van der Waals surface area contributed by atoms with Crippen molar-refractivity contribution in [1.29, 1.82) is 0 Å². The molecule has 0 bridgehead atoms. The van der Waals surface area contributed by atoms with E-state index in [1.807, 2.05) is 13.8 Å². The van der Waals surface area contributed by atoms with Gasteiger partial charge in [0.05, 0.1) is 12.6 Å². The van der Waals surface area contributed by atoms with E-state index in [1.165, 1.54) is 17.7 Å². The van der Waals surface area contributed by atoms with E-state index in [4.69, 9.17) is 5.73 Å². The van der Waals surface area contributed by atoms with Crippen LogP contribution in [0, 0.1) is 11.8 Å². The van der Waals surface area contributed by atoms with E-state index in [9.17, 15) is 24.0 Å². The molecule has 1 saturated heterocycles. The van der Waals surface area contributed by atoms with E-state index in [1.54, 1.807) is 13.8 Å². The van der Waals surface area contributed by atoms with Gasteiger partial charge in [-0.15, -0.1) is 0 Å². The number of carbonyl (C=O) groups is 5. The Bertz CT molecular complexity index is 660. The van der Waals surface area contributed by atoms with Gasteiger partial charge in [0.2, 0.25) is 23.5 Å². The minimum absolute atomic E-state index is 0.174. The molecule has 0 spiro atoms. The number of amides is 4. The number of Topliss-reactive ketones (excluding diaryl/α,β-unsaturated/α-hetero) is 1. The summed E-state index contributed by atoms with van der Waals surface area (Å²) in [6.07, 6.45) is 5.93. The lowest BCUT2D eigenvalue weighted by molar-refractivity contribution is -0.141. The predicted molar refractivity (Wildman–Crippen MR) is 139 cm³/mol. The van der Waals surface area contributed by atoms with E-state index < -0.39 is 29.7 Å². The molecule has 0 aromatic heterocycles. The Morgan fingerprint density at radius 2 is 1.46 bits per heavy atom. The highest BCUT2D eigenvalue weighted by Crippen LogP contribution is 2.33. The molecule has 2 atom stereocenters. The van der Waals surface area contributed by atoms with Crippen LogP contribution in [0.5, 0.6) is 0 Å². The Balaban J connectivity index is 0. The van der Waals surface area contributed by atoms with Crippen LogP contribution in [0.15, 0.2) is 0 Å². The lowest BCUT2D eigenvalue weighted by atomic mass is 10.0. The number of rotatable bonds is 9. The molecule has 2 fully saturated rings. The number of nitrogens with one attached hydrogen (secondary N) is 2. The molecular weight excluding hydrogens is 448 g/mol. The number of hydrogen-bond acceptors (Lipinski definition) is 5. The van der Waals surface area contributed by atoms with E-state index in [2.05, 4.69) is 38.3 Å². The average Bonchev–Trinajstić information content (AvgIpc) is 3.49. The van der Waals surface area contributed by atoms with E-state index >= 15 is 0 Å². The Kier molecular flexibility index (Phi) is 19.7. The second kappa shape index (κ2) is 19.8. The van der Waals surface area contributed by atoms with Crippen LogP contribution in [0.1, 0.15) is 100 Å². The zero-order chi connectivity index (χ0) is 27.6. The topological polar surface area (TPSA) is 139 Å². The largest absolute Gasteiger partial charge is 0.363 e. The number of likely N-dealkylation sites (tertiary alicyclic amines) is 1. The van der Waals surface area contributed by atoms with Crippen LogP contribution in [0.4, 0.5) is 0 Å². The van der Waals surface area contributed by atoms with Gasteiger partial charge in [0.15, 0.2) is 0 Å². The van der Waals surface area contributed by atoms with Gasteiger partial charge in [0, 0.05) is 12.5 Å². The minimum atomic E-state index is -1.07. The number of carbonyl (C=O) groups excluding carboxylic acids is 5. The summed E-state index contributed by atoms with van der Waals surface area (Å²) < 4.78 is 0. The van der Waals surface area contributed by atoms with Crippen molar-refractivity contribution in [3.05, 3.63) is 0 Å².